The van der Waals surface area contributed by atoms with Crippen LogP contribution >= 0.6 is 0 Å². The maximum Gasteiger partial charge on any atom is 0.247 e. The molecule has 0 spiro atoms. The van der Waals surface area contributed by atoms with Crippen LogP contribution in [0, 0.1) is 0 Å². The monoisotopic (exact) mass is 296 g/mol. The highest BCUT2D eigenvalue weighted by Crippen LogP contribution is 2.21. The summed E-state index contributed by atoms with van der Waals surface area (Å²) in [6, 6.07) is 9.30. The van der Waals surface area contributed by atoms with Gasteiger partial charge in [-0.25, -0.2) is 4.98 Å². The van der Waals surface area contributed by atoms with E-state index in [2.05, 4.69) is 29.1 Å². The van der Waals surface area contributed by atoms with E-state index in [9.17, 15) is 4.79 Å². The SMILES string of the molecule is CC(C)c1nc2ccc(NC(=O)[C@@H](C)n3cccc3)cc2[nH]1. The predicted octanol–water partition coefficient (Wildman–Crippen LogP) is 3.69. The van der Waals surface area contributed by atoms with Crippen LogP contribution in [0.15, 0.2) is 42.7 Å². The van der Waals surface area contributed by atoms with Gasteiger partial charge in [-0.3, -0.25) is 4.79 Å². The van der Waals surface area contributed by atoms with Gasteiger partial charge in [0.25, 0.3) is 0 Å². The Labute approximate surface area is 129 Å². The van der Waals surface area contributed by atoms with Gasteiger partial charge in [-0.2, -0.15) is 0 Å². The average molecular weight is 296 g/mol. The molecule has 0 radical (unpaired) electrons. The van der Waals surface area contributed by atoms with E-state index in [1.807, 2.05) is 54.2 Å². The number of H-pyrrole nitrogens is 1. The minimum atomic E-state index is -0.251. The Hall–Kier alpha value is -2.56. The smallest absolute Gasteiger partial charge is 0.247 e. The van der Waals surface area contributed by atoms with E-state index in [1.165, 1.54) is 0 Å². The fraction of sp³-hybridized carbons (Fsp3) is 0.294. The van der Waals surface area contributed by atoms with Gasteiger partial charge < -0.3 is 14.9 Å². The van der Waals surface area contributed by atoms with Crippen LogP contribution in [-0.4, -0.2) is 20.4 Å². The van der Waals surface area contributed by atoms with Gasteiger partial charge in [-0.05, 0) is 37.3 Å². The molecule has 0 fully saturated rings. The lowest BCUT2D eigenvalue weighted by molar-refractivity contribution is -0.118. The van der Waals surface area contributed by atoms with Crippen molar-refractivity contribution >= 4 is 22.6 Å². The van der Waals surface area contributed by atoms with E-state index in [0.717, 1.165) is 22.5 Å². The number of rotatable bonds is 4. The molecular formula is C17H20N4O. The van der Waals surface area contributed by atoms with Crippen molar-refractivity contribution in [1.29, 1.82) is 0 Å². The van der Waals surface area contributed by atoms with Gasteiger partial charge in [0, 0.05) is 24.0 Å². The molecule has 5 nitrogen and oxygen atoms in total. The number of anilines is 1. The fourth-order valence-corrected chi connectivity index (χ4v) is 2.37. The minimum Gasteiger partial charge on any atom is -0.342 e. The molecule has 2 N–H and O–H groups in total. The lowest BCUT2D eigenvalue weighted by Gasteiger charge is -2.13. The number of hydrogen-bond acceptors (Lipinski definition) is 2. The van der Waals surface area contributed by atoms with Crippen molar-refractivity contribution in [3.8, 4) is 0 Å². The number of fused-ring (bicyclic) bond motifs is 1. The zero-order chi connectivity index (χ0) is 15.7. The van der Waals surface area contributed by atoms with Crippen LogP contribution in [0.25, 0.3) is 11.0 Å². The Morgan fingerprint density at radius 1 is 1.23 bits per heavy atom. The number of carbonyl (C=O) groups is 1. The van der Waals surface area contributed by atoms with Crippen molar-refractivity contribution in [2.75, 3.05) is 5.32 Å². The highest BCUT2D eigenvalue weighted by molar-refractivity contribution is 5.95. The summed E-state index contributed by atoms with van der Waals surface area (Å²) in [6.45, 7) is 6.07. The normalized spacial score (nSPS) is 12.7. The van der Waals surface area contributed by atoms with E-state index in [4.69, 9.17) is 0 Å². The van der Waals surface area contributed by atoms with Crippen molar-refractivity contribution in [3.05, 3.63) is 48.5 Å². The zero-order valence-electron chi connectivity index (χ0n) is 13.0. The van der Waals surface area contributed by atoms with Crippen molar-refractivity contribution in [1.82, 2.24) is 14.5 Å². The molecular weight excluding hydrogens is 276 g/mol. The third-order valence-corrected chi connectivity index (χ3v) is 3.77. The molecule has 2 heterocycles. The number of hydrogen-bond donors (Lipinski definition) is 2. The third kappa shape index (κ3) is 2.74. The van der Waals surface area contributed by atoms with E-state index < -0.39 is 0 Å². The number of imidazole rings is 1. The molecule has 5 heteroatoms. The first-order chi connectivity index (χ1) is 10.5. The summed E-state index contributed by atoms with van der Waals surface area (Å²) in [7, 11) is 0. The van der Waals surface area contributed by atoms with E-state index in [0.29, 0.717) is 5.92 Å². The van der Waals surface area contributed by atoms with Gasteiger partial charge >= 0.3 is 0 Å². The molecule has 22 heavy (non-hydrogen) atoms. The van der Waals surface area contributed by atoms with Crippen LogP contribution in [0.3, 0.4) is 0 Å². The maximum atomic E-state index is 12.3. The molecule has 3 rings (SSSR count). The van der Waals surface area contributed by atoms with Crippen LogP contribution < -0.4 is 5.32 Å². The largest absolute Gasteiger partial charge is 0.342 e. The quantitative estimate of drug-likeness (QED) is 0.771. The summed E-state index contributed by atoms with van der Waals surface area (Å²) in [5.41, 5.74) is 2.63. The summed E-state index contributed by atoms with van der Waals surface area (Å²) in [6.07, 6.45) is 3.77. The predicted molar refractivity (Wildman–Crippen MR) is 88.0 cm³/mol. The number of amides is 1. The first kappa shape index (κ1) is 14.4. The molecule has 0 unspecified atom stereocenters. The lowest BCUT2D eigenvalue weighted by Crippen LogP contribution is -2.22. The van der Waals surface area contributed by atoms with E-state index in [1.54, 1.807) is 0 Å². The Balaban J connectivity index is 1.80. The van der Waals surface area contributed by atoms with Gasteiger partial charge in [0.15, 0.2) is 0 Å². The number of nitrogens with zero attached hydrogens (tertiary/aromatic N) is 2. The van der Waals surface area contributed by atoms with E-state index >= 15 is 0 Å². The Morgan fingerprint density at radius 3 is 2.64 bits per heavy atom. The second-order valence-corrected chi connectivity index (χ2v) is 5.80. The second-order valence-electron chi connectivity index (χ2n) is 5.80. The van der Waals surface area contributed by atoms with Gasteiger partial charge in [0.1, 0.15) is 11.9 Å². The number of carbonyl (C=O) groups excluding carboxylic acids is 1. The average Bonchev–Trinajstić information content (AvgIpc) is 3.15. The van der Waals surface area contributed by atoms with Crippen LogP contribution in [0.5, 0.6) is 0 Å². The molecule has 0 bridgehead atoms. The summed E-state index contributed by atoms with van der Waals surface area (Å²) in [5, 5.41) is 2.95. The highest BCUT2D eigenvalue weighted by Gasteiger charge is 2.14. The third-order valence-electron chi connectivity index (χ3n) is 3.77. The van der Waals surface area contributed by atoms with Crippen LogP contribution in [0.2, 0.25) is 0 Å². The zero-order valence-corrected chi connectivity index (χ0v) is 13.0. The molecule has 1 atom stereocenters. The lowest BCUT2D eigenvalue weighted by atomic mass is 10.2. The van der Waals surface area contributed by atoms with Gasteiger partial charge in [-0.15, -0.1) is 0 Å². The standard InChI is InChI=1S/C17H20N4O/c1-11(2)16-19-14-7-6-13(10-15(14)20-16)18-17(22)12(3)21-8-4-5-9-21/h4-12H,1-3H3,(H,18,22)(H,19,20)/t12-/m1/s1. The Bertz CT molecular complexity index is 786. The van der Waals surface area contributed by atoms with Crippen LogP contribution in [0.4, 0.5) is 5.69 Å². The maximum absolute atomic E-state index is 12.3. The number of nitrogens with one attached hydrogen (secondary N) is 2. The van der Waals surface area contributed by atoms with Gasteiger partial charge in [0.05, 0.1) is 11.0 Å². The molecule has 0 aliphatic rings. The molecule has 1 amide bonds. The van der Waals surface area contributed by atoms with Crippen molar-refractivity contribution in [3.63, 3.8) is 0 Å². The molecule has 0 aliphatic carbocycles. The number of aromatic amines is 1. The topological polar surface area (TPSA) is 62.7 Å². The molecule has 3 aromatic rings. The van der Waals surface area contributed by atoms with Crippen molar-refractivity contribution < 1.29 is 4.79 Å². The molecule has 114 valence electrons. The summed E-state index contributed by atoms with van der Waals surface area (Å²) >= 11 is 0. The Morgan fingerprint density at radius 2 is 1.95 bits per heavy atom. The molecule has 1 aromatic carbocycles. The van der Waals surface area contributed by atoms with Crippen LogP contribution in [0.1, 0.15) is 38.6 Å². The fourth-order valence-electron chi connectivity index (χ4n) is 2.37. The molecule has 2 aromatic heterocycles. The summed E-state index contributed by atoms with van der Waals surface area (Å²) in [5.74, 6) is 1.26. The first-order valence-corrected chi connectivity index (χ1v) is 7.47. The Kier molecular flexibility index (Phi) is 3.71. The second kappa shape index (κ2) is 5.67. The van der Waals surface area contributed by atoms with E-state index in [-0.39, 0.29) is 11.9 Å². The van der Waals surface area contributed by atoms with Gasteiger partial charge in [-0.1, -0.05) is 13.8 Å². The number of aromatic nitrogens is 3. The molecule has 0 saturated heterocycles. The summed E-state index contributed by atoms with van der Waals surface area (Å²) in [4.78, 5) is 20.1. The highest BCUT2D eigenvalue weighted by atomic mass is 16.2. The van der Waals surface area contributed by atoms with Crippen molar-refractivity contribution in [2.45, 2.75) is 32.7 Å². The van der Waals surface area contributed by atoms with Crippen molar-refractivity contribution in [2.24, 2.45) is 0 Å². The first-order valence-electron chi connectivity index (χ1n) is 7.47. The number of benzene rings is 1. The minimum absolute atomic E-state index is 0.0425. The summed E-state index contributed by atoms with van der Waals surface area (Å²) < 4.78 is 1.88. The molecule has 0 aliphatic heterocycles. The van der Waals surface area contributed by atoms with Crippen LogP contribution in [-0.2, 0) is 4.79 Å². The van der Waals surface area contributed by atoms with Gasteiger partial charge in [0.2, 0.25) is 5.91 Å². The molecule has 0 saturated carbocycles.